The van der Waals surface area contributed by atoms with Gasteiger partial charge in [0.15, 0.2) is 0 Å². The van der Waals surface area contributed by atoms with Crippen LogP contribution in [0.5, 0.6) is 0 Å². The Labute approximate surface area is 96.8 Å². The predicted octanol–water partition coefficient (Wildman–Crippen LogP) is 0.698. The van der Waals surface area contributed by atoms with Gasteiger partial charge in [-0.05, 0) is 33.9 Å². The van der Waals surface area contributed by atoms with Crippen LogP contribution in [0.25, 0.3) is 0 Å². The molecule has 0 fully saturated rings. The molecule has 0 aromatic rings. The SMILES string of the molecule is CNCCCC(=O)N(CCC(=O)O)C(C)C. The highest BCUT2D eigenvalue weighted by Crippen LogP contribution is 2.04. The minimum atomic E-state index is -0.867. The minimum absolute atomic E-state index is 0.00987. The second kappa shape index (κ2) is 8.10. The predicted molar refractivity (Wildman–Crippen MR) is 62.3 cm³/mol. The summed E-state index contributed by atoms with van der Waals surface area (Å²) >= 11 is 0. The molecule has 0 radical (unpaired) electrons. The molecule has 2 N–H and O–H groups in total. The first-order valence-electron chi connectivity index (χ1n) is 5.65. The highest BCUT2D eigenvalue weighted by Gasteiger charge is 2.16. The fourth-order valence-corrected chi connectivity index (χ4v) is 1.45. The summed E-state index contributed by atoms with van der Waals surface area (Å²) in [5, 5.41) is 11.6. The second-order valence-electron chi connectivity index (χ2n) is 4.03. The molecule has 0 spiro atoms. The molecule has 0 bridgehead atoms. The van der Waals surface area contributed by atoms with Gasteiger partial charge in [0.05, 0.1) is 6.42 Å². The van der Waals surface area contributed by atoms with Gasteiger partial charge in [-0.15, -0.1) is 0 Å². The first kappa shape index (κ1) is 14.9. The monoisotopic (exact) mass is 230 g/mol. The molecule has 0 aliphatic rings. The summed E-state index contributed by atoms with van der Waals surface area (Å²) in [6.45, 7) is 4.90. The van der Waals surface area contributed by atoms with Gasteiger partial charge in [0, 0.05) is 19.0 Å². The molecule has 5 nitrogen and oxygen atoms in total. The van der Waals surface area contributed by atoms with Crippen molar-refractivity contribution in [1.82, 2.24) is 10.2 Å². The number of carbonyl (C=O) groups excluding carboxylic acids is 1. The fraction of sp³-hybridized carbons (Fsp3) is 0.818. The zero-order chi connectivity index (χ0) is 12.6. The molecule has 0 aromatic heterocycles. The maximum Gasteiger partial charge on any atom is 0.305 e. The lowest BCUT2D eigenvalue weighted by atomic mass is 10.2. The van der Waals surface area contributed by atoms with E-state index < -0.39 is 5.97 Å². The number of hydrogen-bond acceptors (Lipinski definition) is 3. The average molecular weight is 230 g/mol. The van der Waals surface area contributed by atoms with Crippen molar-refractivity contribution >= 4 is 11.9 Å². The van der Waals surface area contributed by atoms with Gasteiger partial charge in [-0.1, -0.05) is 0 Å². The Kier molecular flexibility index (Phi) is 7.54. The van der Waals surface area contributed by atoms with Gasteiger partial charge >= 0.3 is 5.97 Å². The molecular formula is C11H22N2O3. The maximum atomic E-state index is 11.8. The van der Waals surface area contributed by atoms with Gasteiger partial charge in [-0.3, -0.25) is 9.59 Å². The maximum absolute atomic E-state index is 11.8. The molecule has 0 atom stereocenters. The minimum Gasteiger partial charge on any atom is -0.481 e. The second-order valence-corrected chi connectivity index (χ2v) is 4.03. The van der Waals surface area contributed by atoms with Crippen molar-refractivity contribution in [2.24, 2.45) is 0 Å². The number of carboxylic acid groups (broad SMARTS) is 1. The molecule has 0 aliphatic heterocycles. The molecule has 0 saturated heterocycles. The van der Waals surface area contributed by atoms with Crippen LogP contribution in [-0.2, 0) is 9.59 Å². The molecule has 0 unspecified atom stereocenters. The van der Waals surface area contributed by atoms with Crippen molar-refractivity contribution < 1.29 is 14.7 Å². The molecule has 0 heterocycles. The first-order valence-corrected chi connectivity index (χ1v) is 5.65. The lowest BCUT2D eigenvalue weighted by Gasteiger charge is -2.26. The quantitative estimate of drug-likeness (QED) is 0.602. The topological polar surface area (TPSA) is 69.6 Å². The molecule has 0 aliphatic carbocycles. The van der Waals surface area contributed by atoms with E-state index in [0.29, 0.717) is 13.0 Å². The van der Waals surface area contributed by atoms with Crippen molar-refractivity contribution in [2.45, 2.75) is 39.2 Å². The van der Waals surface area contributed by atoms with Crippen LogP contribution >= 0.6 is 0 Å². The smallest absolute Gasteiger partial charge is 0.305 e. The van der Waals surface area contributed by atoms with Gasteiger partial charge in [-0.25, -0.2) is 0 Å². The van der Waals surface area contributed by atoms with Crippen LogP contribution in [0, 0.1) is 0 Å². The zero-order valence-corrected chi connectivity index (χ0v) is 10.3. The summed E-state index contributed by atoms with van der Waals surface area (Å²) in [6.07, 6.45) is 1.26. The molecule has 0 saturated carbocycles. The van der Waals surface area contributed by atoms with E-state index in [-0.39, 0.29) is 18.4 Å². The van der Waals surface area contributed by atoms with Gasteiger partial charge in [-0.2, -0.15) is 0 Å². The Balaban J connectivity index is 4.08. The summed E-state index contributed by atoms with van der Waals surface area (Å²) in [4.78, 5) is 23.9. The number of hydrogen-bond donors (Lipinski definition) is 2. The number of aliphatic carboxylic acids is 1. The van der Waals surface area contributed by atoms with Crippen LogP contribution in [0.4, 0.5) is 0 Å². The summed E-state index contributed by atoms with van der Waals surface area (Å²) in [7, 11) is 1.84. The average Bonchev–Trinajstić information content (AvgIpc) is 2.17. The largest absolute Gasteiger partial charge is 0.481 e. The van der Waals surface area contributed by atoms with E-state index in [2.05, 4.69) is 5.32 Å². The molecule has 16 heavy (non-hydrogen) atoms. The number of nitrogens with zero attached hydrogens (tertiary/aromatic N) is 1. The van der Waals surface area contributed by atoms with Gasteiger partial charge < -0.3 is 15.3 Å². The Hall–Kier alpha value is -1.10. The zero-order valence-electron chi connectivity index (χ0n) is 10.3. The van der Waals surface area contributed by atoms with Gasteiger partial charge in [0.2, 0.25) is 5.91 Å². The molecule has 5 heteroatoms. The lowest BCUT2D eigenvalue weighted by molar-refractivity contribution is -0.139. The van der Waals surface area contributed by atoms with Crippen molar-refractivity contribution in [2.75, 3.05) is 20.1 Å². The van der Waals surface area contributed by atoms with E-state index in [0.717, 1.165) is 13.0 Å². The van der Waals surface area contributed by atoms with Crippen LogP contribution in [-0.4, -0.2) is 48.1 Å². The number of carbonyl (C=O) groups is 2. The van der Waals surface area contributed by atoms with Crippen molar-refractivity contribution in [1.29, 1.82) is 0 Å². The molecule has 0 rings (SSSR count). The first-order chi connectivity index (χ1) is 7.49. The third kappa shape index (κ3) is 6.40. The lowest BCUT2D eigenvalue weighted by Crippen LogP contribution is -2.38. The van der Waals surface area contributed by atoms with Crippen molar-refractivity contribution in [3.63, 3.8) is 0 Å². The molecule has 94 valence electrons. The van der Waals surface area contributed by atoms with Crippen LogP contribution in [0.3, 0.4) is 0 Å². The third-order valence-corrected chi connectivity index (χ3v) is 2.33. The normalized spacial score (nSPS) is 10.5. The number of rotatable bonds is 8. The fourth-order valence-electron chi connectivity index (χ4n) is 1.45. The van der Waals surface area contributed by atoms with Crippen LogP contribution < -0.4 is 5.32 Å². The highest BCUT2D eigenvalue weighted by atomic mass is 16.4. The van der Waals surface area contributed by atoms with Crippen molar-refractivity contribution in [3.8, 4) is 0 Å². The summed E-state index contributed by atoms with van der Waals surface area (Å²) < 4.78 is 0. The van der Waals surface area contributed by atoms with Crippen LogP contribution in [0.15, 0.2) is 0 Å². The molecule has 0 aromatic carbocycles. The number of nitrogens with one attached hydrogen (secondary N) is 1. The highest BCUT2D eigenvalue weighted by molar-refractivity contribution is 5.77. The Bertz CT molecular complexity index is 229. The van der Waals surface area contributed by atoms with Gasteiger partial charge in [0.1, 0.15) is 0 Å². The van der Waals surface area contributed by atoms with E-state index in [9.17, 15) is 9.59 Å². The Morgan fingerprint density at radius 1 is 1.31 bits per heavy atom. The molecule has 1 amide bonds. The van der Waals surface area contributed by atoms with Crippen LogP contribution in [0.2, 0.25) is 0 Å². The summed E-state index contributed by atoms with van der Waals surface area (Å²) in [5.74, 6) is -0.833. The van der Waals surface area contributed by atoms with E-state index >= 15 is 0 Å². The summed E-state index contributed by atoms with van der Waals surface area (Å²) in [5.41, 5.74) is 0. The van der Waals surface area contributed by atoms with E-state index in [1.807, 2.05) is 20.9 Å². The Morgan fingerprint density at radius 2 is 1.94 bits per heavy atom. The number of amides is 1. The van der Waals surface area contributed by atoms with E-state index in [1.165, 1.54) is 0 Å². The third-order valence-electron chi connectivity index (χ3n) is 2.33. The standard InChI is InChI=1S/C11H22N2O3/c1-9(2)13(8-6-11(15)16)10(14)5-4-7-12-3/h9,12H,4-8H2,1-3H3,(H,15,16). The van der Waals surface area contributed by atoms with E-state index in [1.54, 1.807) is 4.90 Å². The Morgan fingerprint density at radius 3 is 2.38 bits per heavy atom. The van der Waals surface area contributed by atoms with Crippen LogP contribution in [0.1, 0.15) is 33.1 Å². The van der Waals surface area contributed by atoms with E-state index in [4.69, 9.17) is 5.11 Å². The number of carboxylic acids is 1. The molecular weight excluding hydrogens is 208 g/mol. The summed E-state index contributed by atoms with van der Waals surface area (Å²) in [6, 6.07) is 0.0569. The van der Waals surface area contributed by atoms with Gasteiger partial charge in [0.25, 0.3) is 0 Å². The van der Waals surface area contributed by atoms with Crippen molar-refractivity contribution in [3.05, 3.63) is 0 Å².